The molecule has 4 aromatic rings. The van der Waals surface area contributed by atoms with E-state index in [9.17, 15) is 0 Å². The molecule has 134 valence electrons. The molecule has 7 heteroatoms. The van der Waals surface area contributed by atoms with Crippen LogP contribution in [0.4, 0.5) is 5.82 Å². The summed E-state index contributed by atoms with van der Waals surface area (Å²) in [5.41, 5.74) is 3.52. The summed E-state index contributed by atoms with van der Waals surface area (Å²) < 4.78 is 2.22. The molecule has 5 rings (SSSR count). The highest BCUT2D eigenvalue weighted by atomic mass is 15.2. The molecule has 0 spiro atoms. The molecule has 0 radical (unpaired) electrons. The number of hydrogen-bond acceptors (Lipinski definition) is 5. The van der Waals surface area contributed by atoms with Crippen LogP contribution in [0.2, 0.25) is 0 Å². The molecular formula is C20H19N7. The summed E-state index contributed by atoms with van der Waals surface area (Å²) in [5.74, 6) is 2.80. The molecule has 2 atom stereocenters. The number of pyridine rings is 1. The van der Waals surface area contributed by atoms with Crippen molar-refractivity contribution < 1.29 is 0 Å². The van der Waals surface area contributed by atoms with E-state index >= 15 is 0 Å². The van der Waals surface area contributed by atoms with E-state index in [4.69, 9.17) is 10.2 Å². The van der Waals surface area contributed by atoms with Crippen LogP contribution in [0.5, 0.6) is 0 Å². The van der Waals surface area contributed by atoms with Gasteiger partial charge in [0.2, 0.25) is 0 Å². The Hall–Kier alpha value is -3.40. The summed E-state index contributed by atoms with van der Waals surface area (Å²) in [6.07, 6.45) is 8.40. The van der Waals surface area contributed by atoms with Gasteiger partial charge in [-0.05, 0) is 30.5 Å². The van der Waals surface area contributed by atoms with E-state index in [-0.39, 0.29) is 0 Å². The van der Waals surface area contributed by atoms with E-state index in [1.54, 1.807) is 6.20 Å². The molecular weight excluding hydrogens is 338 g/mol. The van der Waals surface area contributed by atoms with Crippen LogP contribution in [0.3, 0.4) is 0 Å². The van der Waals surface area contributed by atoms with E-state index in [1.807, 2.05) is 36.8 Å². The van der Waals surface area contributed by atoms with E-state index in [1.165, 1.54) is 0 Å². The molecule has 1 saturated heterocycles. The monoisotopic (exact) mass is 357 g/mol. The van der Waals surface area contributed by atoms with E-state index in [0.29, 0.717) is 17.4 Å². The molecule has 0 saturated carbocycles. The van der Waals surface area contributed by atoms with Gasteiger partial charge in [-0.1, -0.05) is 6.92 Å². The predicted octanol–water partition coefficient (Wildman–Crippen LogP) is 3.11. The van der Waals surface area contributed by atoms with Crippen molar-refractivity contribution in [2.24, 2.45) is 5.92 Å². The van der Waals surface area contributed by atoms with Gasteiger partial charge >= 0.3 is 0 Å². The number of nitrogens with one attached hydrogen (secondary N) is 1. The predicted molar refractivity (Wildman–Crippen MR) is 103 cm³/mol. The van der Waals surface area contributed by atoms with Crippen LogP contribution in [-0.2, 0) is 0 Å². The van der Waals surface area contributed by atoms with Gasteiger partial charge in [-0.15, -0.1) is 0 Å². The Morgan fingerprint density at radius 3 is 2.85 bits per heavy atom. The molecule has 27 heavy (non-hydrogen) atoms. The standard InChI is InChI=1S/C20H19N7/c1-13-5-7-26(18-3-2-14(8-21)9-23-18)12-16(13)20-25-11-15-10-24-19-17(27(15)20)4-6-22-19/h2-4,6,9-11,13,16,22H,5,7,12H2,1H3/t13-,16+/m1/s1. The topological polar surface area (TPSA) is 85.9 Å². The highest BCUT2D eigenvalue weighted by molar-refractivity contribution is 5.75. The zero-order valence-corrected chi connectivity index (χ0v) is 15.0. The zero-order valence-electron chi connectivity index (χ0n) is 15.0. The molecule has 0 bridgehead atoms. The molecule has 7 nitrogen and oxygen atoms in total. The van der Waals surface area contributed by atoms with Crippen LogP contribution in [0.25, 0.3) is 16.7 Å². The number of H-pyrrole nitrogens is 1. The maximum Gasteiger partial charge on any atom is 0.154 e. The Morgan fingerprint density at radius 1 is 1.15 bits per heavy atom. The Bertz CT molecular complexity index is 1150. The molecule has 0 aliphatic carbocycles. The number of aromatic nitrogens is 5. The second-order valence-corrected chi connectivity index (χ2v) is 7.18. The van der Waals surface area contributed by atoms with Gasteiger partial charge in [-0.25, -0.2) is 15.0 Å². The average molecular weight is 357 g/mol. The second kappa shape index (κ2) is 6.09. The third-order valence-electron chi connectivity index (χ3n) is 5.58. The maximum absolute atomic E-state index is 8.99. The molecule has 1 N–H and O–H groups in total. The van der Waals surface area contributed by atoms with Gasteiger partial charge in [0.1, 0.15) is 17.7 Å². The van der Waals surface area contributed by atoms with Crippen molar-refractivity contribution in [3.8, 4) is 6.07 Å². The Kier molecular flexibility index (Phi) is 3.57. The van der Waals surface area contributed by atoms with Gasteiger partial charge in [0.25, 0.3) is 0 Å². The van der Waals surface area contributed by atoms with Crippen LogP contribution in [0.15, 0.2) is 43.0 Å². The van der Waals surface area contributed by atoms with Crippen molar-refractivity contribution in [2.45, 2.75) is 19.3 Å². The molecule has 4 aromatic heterocycles. The summed E-state index contributed by atoms with van der Waals surface area (Å²) in [6.45, 7) is 4.11. The summed E-state index contributed by atoms with van der Waals surface area (Å²) in [7, 11) is 0. The SMILES string of the molecule is C[C@@H]1CCN(c2ccc(C#N)cn2)C[C@@H]1c1ncc2cnc3[nH]ccc3n12. The summed E-state index contributed by atoms with van der Waals surface area (Å²) in [4.78, 5) is 19.2. The van der Waals surface area contributed by atoms with E-state index in [0.717, 1.165) is 47.8 Å². The van der Waals surface area contributed by atoms with Crippen molar-refractivity contribution in [1.82, 2.24) is 24.3 Å². The molecule has 1 fully saturated rings. The van der Waals surface area contributed by atoms with Crippen molar-refractivity contribution in [3.63, 3.8) is 0 Å². The van der Waals surface area contributed by atoms with Crippen LogP contribution < -0.4 is 4.90 Å². The highest BCUT2D eigenvalue weighted by Crippen LogP contribution is 2.34. The Balaban J connectivity index is 1.54. The van der Waals surface area contributed by atoms with Gasteiger partial charge in [0.15, 0.2) is 5.65 Å². The fourth-order valence-electron chi connectivity index (χ4n) is 4.01. The normalized spacial score (nSPS) is 20.2. The first-order chi connectivity index (χ1) is 13.2. The Morgan fingerprint density at radius 2 is 2.04 bits per heavy atom. The minimum absolute atomic E-state index is 0.291. The van der Waals surface area contributed by atoms with Crippen molar-refractivity contribution in [2.75, 3.05) is 18.0 Å². The quantitative estimate of drug-likeness (QED) is 0.596. The number of hydrogen-bond donors (Lipinski definition) is 1. The van der Waals surface area contributed by atoms with Gasteiger partial charge in [-0.2, -0.15) is 5.26 Å². The maximum atomic E-state index is 8.99. The minimum atomic E-state index is 0.291. The lowest BCUT2D eigenvalue weighted by atomic mass is 9.86. The number of imidazole rings is 1. The van der Waals surface area contributed by atoms with Gasteiger partial charge in [0.05, 0.1) is 29.0 Å². The van der Waals surface area contributed by atoms with Crippen molar-refractivity contribution >= 4 is 22.5 Å². The molecule has 1 aliphatic rings. The van der Waals surface area contributed by atoms with Gasteiger partial charge in [-0.3, -0.25) is 4.40 Å². The molecule has 0 unspecified atom stereocenters. The first-order valence-corrected chi connectivity index (χ1v) is 9.15. The number of aromatic amines is 1. The highest BCUT2D eigenvalue weighted by Gasteiger charge is 2.31. The molecule has 0 amide bonds. The molecule has 5 heterocycles. The largest absolute Gasteiger partial charge is 0.356 e. The summed E-state index contributed by atoms with van der Waals surface area (Å²) in [6, 6.07) is 7.94. The summed E-state index contributed by atoms with van der Waals surface area (Å²) in [5, 5.41) is 8.99. The lowest BCUT2D eigenvalue weighted by Gasteiger charge is -2.37. The van der Waals surface area contributed by atoms with Crippen LogP contribution >= 0.6 is 0 Å². The number of rotatable bonds is 2. The smallest absolute Gasteiger partial charge is 0.154 e. The molecule has 1 aliphatic heterocycles. The fraction of sp³-hybridized carbons (Fsp3) is 0.300. The fourth-order valence-corrected chi connectivity index (χ4v) is 4.01. The van der Waals surface area contributed by atoms with Crippen LogP contribution in [-0.4, -0.2) is 37.4 Å². The number of piperidine rings is 1. The number of nitriles is 1. The van der Waals surface area contributed by atoms with E-state index in [2.05, 4.69) is 37.2 Å². The average Bonchev–Trinajstić information content (AvgIpc) is 3.35. The summed E-state index contributed by atoms with van der Waals surface area (Å²) >= 11 is 0. The zero-order chi connectivity index (χ0) is 18.4. The van der Waals surface area contributed by atoms with E-state index < -0.39 is 0 Å². The van der Waals surface area contributed by atoms with Crippen molar-refractivity contribution in [1.29, 1.82) is 5.26 Å². The lowest BCUT2D eigenvalue weighted by Crippen LogP contribution is -2.39. The second-order valence-electron chi connectivity index (χ2n) is 7.18. The van der Waals surface area contributed by atoms with Gasteiger partial charge < -0.3 is 9.88 Å². The lowest BCUT2D eigenvalue weighted by molar-refractivity contribution is 0.366. The van der Waals surface area contributed by atoms with Gasteiger partial charge in [0, 0.05) is 31.4 Å². The van der Waals surface area contributed by atoms with Crippen LogP contribution in [0, 0.1) is 17.2 Å². The first-order valence-electron chi connectivity index (χ1n) is 9.15. The minimum Gasteiger partial charge on any atom is -0.356 e. The Labute approximate surface area is 156 Å². The number of fused-ring (bicyclic) bond motifs is 3. The third kappa shape index (κ3) is 2.53. The number of anilines is 1. The first kappa shape index (κ1) is 15.8. The third-order valence-corrected chi connectivity index (χ3v) is 5.58. The molecule has 0 aromatic carbocycles. The number of nitrogens with zero attached hydrogens (tertiary/aromatic N) is 6. The van der Waals surface area contributed by atoms with Crippen LogP contribution in [0.1, 0.15) is 30.7 Å². The van der Waals surface area contributed by atoms with Crippen molar-refractivity contribution in [3.05, 3.63) is 54.4 Å².